The molecule has 0 radical (unpaired) electrons. The van der Waals surface area contributed by atoms with Crippen molar-refractivity contribution in [2.24, 2.45) is 0 Å². The summed E-state index contributed by atoms with van der Waals surface area (Å²) < 4.78 is 18.8. The van der Waals surface area contributed by atoms with Crippen LogP contribution < -0.4 is 19.5 Å². The van der Waals surface area contributed by atoms with Gasteiger partial charge in [-0.05, 0) is 54.4 Å². The highest BCUT2D eigenvalue weighted by Gasteiger charge is 2.14. The van der Waals surface area contributed by atoms with Crippen LogP contribution in [0.15, 0.2) is 79.4 Å². The van der Waals surface area contributed by atoms with E-state index in [9.17, 15) is 4.79 Å². The lowest BCUT2D eigenvalue weighted by Crippen LogP contribution is -2.25. The van der Waals surface area contributed by atoms with Crippen LogP contribution >= 0.6 is 0 Å². The molecule has 4 aromatic rings. The third kappa shape index (κ3) is 5.63. The molecule has 7 heteroatoms. The first-order chi connectivity index (χ1) is 17.1. The molecule has 1 aromatic heterocycles. The molecule has 0 saturated heterocycles. The molecular formula is C28H29N3O4. The summed E-state index contributed by atoms with van der Waals surface area (Å²) in [6.45, 7) is 5.03. The monoisotopic (exact) mass is 471 g/mol. The molecule has 1 amide bonds. The highest BCUT2D eigenvalue weighted by atomic mass is 16.5. The van der Waals surface area contributed by atoms with Gasteiger partial charge in [-0.1, -0.05) is 30.3 Å². The van der Waals surface area contributed by atoms with Gasteiger partial charge in [-0.3, -0.25) is 4.79 Å². The van der Waals surface area contributed by atoms with Crippen molar-refractivity contribution < 1.29 is 19.0 Å². The first kappa shape index (κ1) is 23.9. The molecule has 1 heterocycles. The van der Waals surface area contributed by atoms with Crippen LogP contribution in [0.3, 0.4) is 0 Å². The van der Waals surface area contributed by atoms with E-state index in [1.165, 1.54) is 0 Å². The third-order valence-electron chi connectivity index (χ3n) is 5.65. The number of amides is 1. The van der Waals surface area contributed by atoms with Gasteiger partial charge in [-0.2, -0.15) is 0 Å². The molecule has 0 atom stereocenters. The number of fused-ring (bicyclic) bond motifs is 1. The van der Waals surface area contributed by atoms with E-state index in [0.29, 0.717) is 36.0 Å². The maximum Gasteiger partial charge on any atom is 0.251 e. The summed E-state index contributed by atoms with van der Waals surface area (Å²) in [5.74, 6) is 2.56. The number of rotatable bonds is 11. The van der Waals surface area contributed by atoms with Gasteiger partial charge in [0.1, 0.15) is 18.2 Å². The summed E-state index contributed by atoms with van der Waals surface area (Å²) in [6.07, 6.45) is 2.62. The second kappa shape index (κ2) is 11.2. The summed E-state index contributed by atoms with van der Waals surface area (Å²) in [5.41, 5.74) is 3.49. The molecule has 0 spiro atoms. The first-order valence-corrected chi connectivity index (χ1v) is 11.4. The van der Waals surface area contributed by atoms with E-state index < -0.39 is 0 Å². The Balaban J connectivity index is 1.48. The fourth-order valence-electron chi connectivity index (χ4n) is 3.91. The van der Waals surface area contributed by atoms with Gasteiger partial charge in [0.15, 0.2) is 11.5 Å². The predicted octanol–water partition coefficient (Wildman–Crippen LogP) is 4.79. The van der Waals surface area contributed by atoms with Crippen LogP contribution in [0.4, 0.5) is 0 Å². The van der Waals surface area contributed by atoms with Crippen molar-refractivity contribution in [2.45, 2.75) is 19.5 Å². The summed E-state index contributed by atoms with van der Waals surface area (Å²) in [5, 5.41) is 2.97. The number of ether oxygens (including phenoxy) is 3. The van der Waals surface area contributed by atoms with Crippen molar-refractivity contribution >= 4 is 16.9 Å². The molecule has 0 aliphatic heterocycles. The molecule has 0 saturated carbocycles. The number of nitrogens with zero attached hydrogens (tertiary/aromatic N) is 2. The zero-order valence-corrected chi connectivity index (χ0v) is 20.0. The molecule has 35 heavy (non-hydrogen) atoms. The molecule has 3 aromatic carbocycles. The number of benzene rings is 3. The Morgan fingerprint density at radius 2 is 1.89 bits per heavy atom. The Morgan fingerprint density at radius 3 is 2.69 bits per heavy atom. The summed E-state index contributed by atoms with van der Waals surface area (Å²) in [4.78, 5) is 17.4. The Labute approximate surface area is 205 Å². The summed E-state index contributed by atoms with van der Waals surface area (Å²) >= 11 is 0. The molecule has 1 N–H and O–H groups in total. The van der Waals surface area contributed by atoms with Crippen LogP contribution in [0.5, 0.6) is 17.2 Å². The number of methoxy groups -OCH3 is 2. The van der Waals surface area contributed by atoms with Gasteiger partial charge >= 0.3 is 0 Å². The van der Waals surface area contributed by atoms with Crippen molar-refractivity contribution in [3.63, 3.8) is 0 Å². The number of nitrogens with one attached hydrogen (secondary N) is 1. The Kier molecular flexibility index (Phi) is 7.67. The largest absolute Gasteiger partial charge is 0.497 e. The second-order valence-corrected chi connectivity index (χ2v) is 7.91. The summed E-state index contributed by atoms with van der Waals surface area (Å²) in [7, 11) is 3.21. The number of imidazole rings is 1. The van der Waals surface area contributed by atoms with E-state index in [4.69, 9.17) is 19.2 Å². The minimum Gasteiger partial charge on any atom is -0.497 e. The van der Waals surface area contributed by atoms with E-state index in [1.807, 2.05) is 48.5 Å². The highest BCUT2D eigenvalue weighted by Crippen LogP contribution is 2.28. The van der Waals surface area contributed by atoms with E-state index in [2.05, 4.69) is 16.5 Å². The maximum atomic E-state index is 12.7. The predicted molar refractivity (Wildman–Crippen MR) is 136 cm³/mol. The normalized spacial score (nSPS) is 10.7. The van der Waals surface area contributed by atoms with Gasteiger partial charge in [-0.25, -0.2) is 4.98 Å². The van der Waals surface area contributed by atoms with Crippen molar-refractivity contribution in [1.29, 1.82) is 0 Å². The second-order valence-electron chi connectivity index (χ2n) is 7.91. The quantitative estimate of drug-likeness (QED) is 0.318. The number of hydrogen-bond donors (Lipinski definition) is 1. The lowest BCUT2D eigenvalue weighted by atomic mass is 10.1. The molecule has 0 aliphatic carbocycles. The van der Waals surface area contributed by atoms with Crippen molar-refractivity contribution in [3.8, 4) is 17.2 Å². The molecule has 0 fully saturated rings. The first-order valence-electron chi connectivity index (χ1n) is 11.4. The van der Waals surface area contributed by atoms with Gasteiger partial charge < -0.3 is 24.1 Å². The minimum absolute atomic E-state index is 0.192. The molecule has 0 bridgehead atoms. The van der Waals surface area contributed by atoms with E-state index in [1.54, 1.807) is 38.5 Å². The SMILES string of the molecule is C=CCc1ccc(OCCn2c(CNC(=O)c3cccc(OC)c3)nc3ccccc32)c(OC)c1. The smallest absolute Gasteiger partial charge is 0.251 e. The number of aromatic nitrogens is 2. The fraction of sp³-hybridized carbons (Fsp3) is 0.214. The van der Waals surface area contributed by atoms with E-state index in [0.717, 1.165) is 28.8 Å². The highest BCUT2D eigenvalue weighted by molar-refractivity contribution is 5.94. The Hall–Kier alpha value is -4.26. The summed E-state index contributed by atoms with van der Waals surface area (Å²) in [6, 6.07) is 20.8. The van der Waals surface area contributed by atoms with Crippen LogP contribution in [0, 0.1) is 0 Å². The average molecular weight is 472 g/mol. The van der Waals surface area contributed by atoms with Crippen LogP contribution in [-0.4, -0.2) is 36.3 Å². The zero-order valence-electron chi connectivity index (χ0n) is 20.0. The number of allylic oxidation sites excluding steroid dienone is 1. The lowest BCUT2D eigenvalue weighted by molar-refractivity contribution is 0.0949. The van der Waals surface area contributed by atoms with Crippen LogP contribution in [0.2, 0.25) is 0 Å². The molecule has 4 rings (SSSR count). The molecular weight excluding hydrogens is 442 g/mol. The fourth-order valence-corrected chi connectivity index (χ4v) is 3.91. The molecule has 7 nitrogen and oxygen atoms in total. The van der Waals surface area contributed by atoms with Gasteiger partial charge in [0.2, 0.25) is 0 Å². The molecule has 0 aliphatic rings. The van der Waals surface area contributed by atoms with Crippen LogP contribution in [-0.2, 0) is 19.5 Å². The average Bonchev–Trinajstić information content (AvgIpc) is 3.25. The Bertz CT molecular complexity index is 1330. The zero-order chi connectivity index (χ0) is 24.6. The molecule has 180 valence electrons. The van der Waals surface area contributed by atoms with Gasteiger partial charge in [0, 0.05) is 5.56 Å². The number of hydrogen-bond acceptors (Lipinski definition) is 5. The molecule has 0 unspecified atom stereocenters. The van der Waals surface area contributed by atoms with Crippen molar-refractivity contribution in [3.05, 3.63) is 96.3 Å². The van der Waals surface area contributed by atoms with Crippen LogP contribution in [0.25, 0.3) is 11.0 Å². The lowest BCUT2D eigenvalue weighted by Gasteiger charge is -2.14. The van der Waals surface area contributed by atoms with Crippen molar-refractivity contribution in [2.75, 3.05) is 20.8 Å². The Morgan fingerprint density at radius 1 is 1.03 bits per heavy atom. The van der Waals surface area contributed by atoms with E-state index in [-0.39, 0.29) is 12.5 Å². The van der Waals surface area contributed by atoms with Crippen LogP contribution in [0.1, 0.15) is 21.7 Å². The third-order valence-corrected chi connectivity index (χ3v) is 5.65. The van der Waals surface area contributed by atoms with Gasteiger partial charge in [-0.15, -0.1) is 6.58 Å². The number of carbonyl (C=O) groups is 1. The minimum atomic E-state index is -0.192. The maximum absolute atomic E-state index is 12.7. The number of para-hydroxylation sites is 2. The topological polar surface area (TPSA) is 74.6 Å². The van der Waals surface area contributed by atoms with Gasteiger partial charge in [0.25, 0.3) is 5.91 Å². The van der Waals surface area contributed by atoms with E-state index >= 15 is 0 Å². The number of carbonyl (C=O) groups excluding carboxylic acids is 1. The standard InChI is InChI=1S/C28H29N3O4/c1-4-8-20-13-14-25(26(17-20)34-3)35-16-15-31-24-12-6-5-11-23(24)30-27(31)19-29-28(32)21-9-7-10-22(18-21)33-2/h4-7,9-14,17-18H,1,8,15-16,19H2,2-3H3,(H,29,32). The van der Waals surface area contributed by atoms with Crippen molar-refractivity contribution in [1.82, 2.24) is 14.9 Å². The van der Waals surface area contributed by atoms with Gasteiger partial charge in [0.05, 0.1) is 38.3 Å².